The van der Waals surface area contributed by atoms with Crippen LogP contribution in [0.5, 0.6) is 5.75 Å². The zero-order valence-electron chi connectivity index (χ0n) is 20.3. The molecular weight excluding hydrogens is 462 g/mol. The molecule has 1 aliphatic rings. The Morgan fingerprint density at radius 1 is 1.17 bits per heavy atom. The molecule has 0 bridgehead atoms. The molecule has 4 rings (SSSR count). The summed E-state index contributed by atoms with van der Waals surface area (Å²) in [7, 11) is 0. The first kappa shape index (κ1) is 24.5. The summed E-state index contributed by atoms with van der Waals surface area (Å²) in [5.74, 6) is -0.384. The summed E-state index contributed by atoms with van der Waals surface area (Å²) >= 11 is 1.23. The van der Waals surface area contributed by atoms with Gasteiger partial charge in [0.2, 0.25) is 0 Å². The number of phenolic OH excluding ortho intramolecular Hbond substituents is 1. The highest BCUT2D eigenvalue weighted by atomic mass is 32.1. The topological polar surface area (TPSA) is 84.1 Å². The lowest BCUT2D eigenvalue weighted by molar-refractivity contribution is -0.139. The molecule has 2 aromatic carbocycles. The highest BCUT2D eigenvalue weighted by Crippen LogP contribution is 2.30. The summed E-state index contributed by atoms with van der Waals surface area (Å²) < 4.78 is 7.28. The largest absolute Gasteiger partial charge is 0.507 e. The monoisotopic (exact) mass is 491 g/mol. The summed E-state index contributed by atoms with van der Waals surface area (Å²) in [6.45, 7) is 9.51. The van der Waals surface area contributed by atoms with E-state index >= 15 is 0 Å². The van der Waals surface area contributed by atoms with E-state index in [-0.39, 0.29) is 17.9 Å². The van der Waals surface area contributed by atoms with Gasteiger partial charge in [0, 0.05) is 30.4 Å². The van der Waals surface area contributed by atoms with Crippen molar-refractivity contribution < 1.29 is 14.6 Å². The van der Waals surface area contributed by atoms with Crippen LogP contribution in [0.15, 0.2) is 69.6 Å². The third-order valence-corrected chi connectivity index (χ3v) is 7.04. The van der Waals surface area contributed by atoms with E-state index in [0.717, 1.165) is 24.3 Å². The number of allylic oxidation sites excluding steroid dienone is 1. The number of nitrogens with zero attached hydrogens (tertiary/aromatic N) is 3. The Morgan fingerprint density at radius 3 is 2.51 bits per heavy atom. The van der Waals surface area contributed by atoms with Crippen LogP contribution in [-0.4, -0.2) is 35.3 Å². The Morgan fingerprint density at radius 2 is 1.89 bits per heavy atom. The maximum absolute atomic E-state index is 13.6. The van der Waals surface area contributed by atoms with Crippen molar-refractivity contribution in [3.63, 3.8) is 0 Å². The second kappa shape index (κ2) is 10.3. The summed E-state index contributed by atoms with van der Waals surface area (Å²) in [5, 5.41) is 10.7. The molecule has 35 heavy (non-hydrogen) atoms. The molecule has 0 saturated carbocycles. The molecule has 3 aromatic rings. The van der Waals surface area contributed by atoms with Gasteiger partial charge < -0.3 is 14.7 Å². The molecule has 1 N–H and O–H groups in total. The number of fused-ring (bicyclic) bond motifs is 1. The minimum absolute atomic E-state index is 0.100. The van der Waals surface area contributed by atoms with Gasteiger partial charge in [-0.1, -0.05) is 41.7 Å². The summed E-state index contributed by atoms with van der Waals surface area (Å²) in [4.78, 5) is 33.7. The number of anilines is 1. The predicted octanol–water partition coefficient (Wildman–Crippen LogP) is 3.35. The molecule has 0 amide bonds. The molecule has 1 atom stereocenters. The number of carbonyl (C=O) groups excluding carboxylic acids is 1. The van der Waals surface area contributed by atoms with Gasteiger partial charge in [-0.05, 0) is 51.5 Å². The average Bonchev–Trinajstić information content (AvgIpc) is 3.15. The highest BCUT2D eigenvalue weighted by Gasteiger charge is 2.33. The molecule has 1 aliphatic heterocycles. The van der Waals surface area contributed by atoms with Gasteiger partial charge in [0.15, 0.2) is 4.80 Å². The smallest absolute Gasteiger partial charge is 0.338 e. The van der Waals surface area contributed by atoms with Gasteiger partial charge in [0.25, 0.3) is 5.56 Å². The Labute approximate surface area is 207 Å². The first-order valence-corrected chi connectivity index (χ1v) is 12.5. The first-order chi connectivity index (χ1) is 16.9. The molecule has 0 spiro atoms. The molecular formula is C27H29N3O4S. The second-order valence-electron chi connectivity index (χ2n) is 8.13. The highest BCUT2D eigenvalue weighted by molar-refractivity contribution is 7.07. The maximum atomic E-state index is 13.6. The van der Waals surface area contributed by atoms with Crippen molar-refractivity contribution in [2.75, 3.05) is 24.6 Å². The quantitative estimate of drug-likeness (QED) is 0.513. The van der Waals surface area contributed by atoms with Gasteiger partial charge in [0.1, 0.15) is 5.75 Å². The van der Waals surface area contributed by atoms with E-state index in [1.165, 1.54) is 11.3 Å². The summed E-state index contributed by atoms with van der Waals surface area (Å²) in [6.07, 6.45) is 1.68. The minimum Gasteiger partial charge on any atom is -0.507 e. The van der Waals surface area contributed by atoms with Crippen molar-refractivity contribution >= 4 is 29.1 Å². The van der Waals surface area contributed by atoms with Crippen LogP contribution in [0.1, 0.15) is 44.9 Å². The minimum atomic E-state index is -0.646. The number of aromatic hydroxyl groups is 1. The van der Waals surface area contributed by atoms with Crippen LogP contribution in [0, 0.1) is 0 Å². The number of rotatable bonds is 7. The number of benzene rings is 2. The molecule has 7 nitrogen and oxygen atoms in total. The molecule has 0 fully saturated rings. The van der Waals surface area contributed by atoms with Crippen molar-refractivity contribution in [1.29, 1.82) is 0 Å². The van der Waals surface area contributed by atoms with Crippen molar-refractivity contribution in [3.8, 4) is 5.75 Å². The maximum Gasteiger partial charge on any atom is 0.338 e. The van der Waals surface area contributed by atoms with Gasteiger partial charge in [-0.3, -0.25) is 9.36 Å². The number of hydrogen-bond donors (Lipinski definition) is 1. The molecule has 1 aromatic heterocycles. The fourth-order valence-corrected chi connectivity index (χ4v) is 5.36. The van der Waals surface area contributed by atoms with Gasteiger partial charge in [-0.2, -0.15) is 0 Å². The number of hydrogen-bond acceptors (Lipinski definition) is 7. The van der Waals surface area contributed by atoms with Gasteiger partial charge in [0.05, 0.1) is 28.5 Å². The molecule has 0 saturated heterocycles. The van der Waals surface area contributed by atoms with Crippen molar-refractivity contribution in [1.82, 2.24) is 4.57 Å². The van der Waals surface area contributed by atoms with Crippen LogP contribution in [-0.2, 0) is 9.53 Å². The van der Waals surface area contributed by atoms with Crippen molar-refractivity contribution in [2.24, 2.45) is 4.99 Å². The van der Waals surface area contributed by atoms with Gasteiger partial charge in [-0.15, -0.1) is 0 Å². The standard InChI is InChI=1S/C27H29N3O4S/c1-5-29(6-2)20-14-13-19(21(31)16-20)15-22-25(32)30-24(18-11-9-8-10-12-18)23(26(33)34-7-3)17(4)28-27(30)35-22/h8-16,24,31H,5-7H2,1-4H3/b22-15-. The number of phenols is 1. The number of aromatic nitrogens is 1. The van der Waals surface area contributed by atoms with E-state index < -0.39 is 12.0 Å². The normalized spacial score (nSPS) is 15.5. The molecule has 2 heterocycles. The van der Waals surface area contributed by atoms with Crippen molar-refractivity contribution in [2.45, 2.75) is 33.7 Å². The average molecular weight is 492 g/mol. The van der Waals surface area contributed by atoms with Gasteiger partial charge >= 0.3 is 5.97 Å². The predicted molar refractivity (Wildman–Crippen MR) is 139 cm³/mol. The Hall–Kier alpha value is -3.65. The van der Waals surface area contributed by atoms with Crippen LogP contribution in [0.2, 0.25) is 0 Å². The van der Waals surface area contributed by atoms with Crippen LogP contribution in [0.3, 0.4) is 0 Å². The van der Waals surface area contributed by atoms with E-state index in [1.54, 1.807) is 30.6 Å². The zero-order valence-corrected chi connectivity index (χ0v) is 21.1. The molecule has 0 aliphatic carbocycles. The first-order valence-electron chi connectivity index (χ1n) is 11.7. The fraction of sp³-hybridized carbons (Fsp3) is 0.296. The second-order valence-corrected chi connectivity index (χ2v) is 9.14. The van der Waals surface area contributed by atoms with E-state index in [9.17, 15) is 14.7 Å². The van der Waals surface area contributed by atoms with E-state index in [2.05, 4.69) is 23.7 Å². The lowest BCUT2D eigenvalue weighted by atomic mass is 9.96. The van der Waals surface area contributed by atoms with E-state index in [0.29, 0.717) is 26.2 Å². The number of esters is 1. The van der Waals surface area contributed by atoms with E-state index in [4.69, 9.17) is 4.74 Å². The zero-order chi connectivity index (χ0) is 25.1. The molecule has 0 radical (unpaired) electrons. The lowest BCUT2D eigenvalue weighted by Gasteiger charge is -2.24. The molecule has 182 valence electrons. The number of carbonyl (C=O) groups is 1. The third kappa shape index (κ3) is 4.66. The number of ether oxygens (including phenoxy) is 1. The lowest BCUT2D eigenvalue weighted by Crippen LogP contribution is -2.39. The van der Waals surface area contributed by atoms with Crippen molar-refractivity contribution in [3.05, 3.63) is 90.6 Å². The van der Waals surface area contributed by atoms with E-state index in [1.807, 2.05) is 42.5 Å². The Bertz CT molecular complexity index is 1450. The number of thiazole rings is 1. The molecule has 1 unspecified atom stereocenters. The Kier molecular flexibility index (Phi) is 7.21. The van der Waals surface area contributed by atoms with Crippen LogP contribution >= 0.6 is 11.3 Å². The van der Waals surface area contributed by atoms with Gasteiger partial charge in [-0.25, -0.2) is 9.79 Å². The summed E-state index contributed by atoms with van der Waals surface area (Å²) in [6, 6.07) is 14.2. The summed E-state index contributed by atoms with van der Waals surface area (Å²) in [5.41, 5.74) is 2.86. The Balaban J connectivity index is 1.87. The SMILES string of the molecule is CCOC(=O)C1=C(C)N=c2s/c(=C\c3ccc(N(CC)CC)cc3O)c(=O)n2C1c1ccccc1. The third-order valence-electron chi connectivity index (χ3n) is 6.06. The van der Waals surface area contributed by atoms with Crippen LogP contribution < -0.4 is 19.8 Å². The van der Waals surface area contributed by atoms with Crippen LogP contribution in [0.4, 0.5) is 5.69 Å². The molecule has 8 heteroatoms. The fourth-order valence-electron chi connectivity index (χ4n) is 4.32. The van der Waals surface area contributed by atoms with Crippen LogP contribution in [0.25, 0.3) is 6.08 Å².